The first kappa shape index (κ1) is 8.26. The molecule has 1 aromatic rings. The summed E-state index contributed by atoms with van der Waals surface area (Å²) in [7, 11) is 0. The number of carbonyl (C=O) groups excluding carboxylic acids is 1. The molecule has 1 fully saturated rings. The van der Waals surface area contributed by atoms with E-state index in [1.807, 2.05) is 18.2 Å². The van der Waals surface area contributed by atoms with Crippen molar-refractivity contribution in [2.45, 2.75) is 18.6 Å². The average Bonchev–Trinajstić information content (AvgIpc) is 2.83. The van der Waals surface area contributed by atoms with Crippen LogP contribution < -0.4 is 5.73 Å². The summed E-state index contributed by atoms with van der Waals surface area (Å²) >= 11 is 0. The fourth-order valence-electron chi connectivity index (χ4n) is 1.10. The second kappa shape index (κ2) is 3.18. The number of carbonyl (C=O) groups is 1. The van der Waals surface area contributed by atoms with Crippen LogP contribution in [0.3, 0.4) is 0 Å². The third-order valence-electron chi connectivity index (χ3n) is 2.05. The van der Waals surface area contributed by atoms with Crippen molar-refractivity contribution in [1.82, 2.24) is 0 Å². The minimum Gasteiger partial charge on any atom is -0.457 e. The molecule has 0 aliphatic heterocycles. The zero-order valence-corrected chi connectivity index (χ0v) is 7.14. The standard InChI is InChI=1S/C10H11NO2/c11-8-6-9(8)13-10(12)7-4-2-1-3-5-7/h1-5,8-9H,6,11H2. The number of ether oxygens (including phenoxy) is 1. The maximum absolute atomic E-state index is 11.4. The Kier molecular flexibility index (Phi) is 2.02. The van der Waals surface area contributed by atoms with Gasteiger partial charge in [0.1, 0.15) is 6.10 Å². The van der Waals surface area contributed by atoms with E-state index in [9.17, 15) is 4.79 Å². The van der Waals surface area contributed by atoms with Crippen LogP contribution in [0.2, 0.25) is 0 Å². The zero-order valence-electron chi connectivity index (χ0n) is 7.14. The molecule has 1 aliphatic carbocycles. The first-order valence-corrected chi connectivity index (χ1v) is 4.29. The number of benzene rings is 1. The third kappa shape index (κ3) is 1.87. The maximum Gasteiger partial charge on any atom is 0.338 e. The van der Waals surface area contributed by atoms with Gasteiger partial charge in [0.15, 0.2) is 0 Å². The van der Waals surface area contributed by atoms with Gasteiger partial charge >= 0.3 is 5.97 Å². The average molecular weight is 177 g/mol. The van der Waals surface area contributed by atoms with Gasteiger partial charge in [-0.2, -0.15) is 0 Å². The van der Waals surface area contributed by atoms with Crippen molar-refractivity contribution in [3.8, 4) is 0 Å². The highest BCUT2D eigenvalue weighted by atomic mass is 16.5. The van der Waals surface area contributed by atoms with E-state index in [-0.39, 0.29) is 18.1 Å². The fraction of sp³-hybridized carbons (Fsp3) is 0.300. The van der Waals surface area contributed by atoms with Crippen LogP contribution in [-0.4, -0.2) is 18.1 Å². The largest absolute Gasteiger partial charge is 0.457 e. The molecule has 68 valence electrons. The molecule has 2 rings (SSSR count). The van der Waals surface area contributed by atoms with Crippen LogP contribution in [0.4, 0.5) is 0 Å². The summed E-state index contributed by atoms with van der Waals surface area (Å²) in [5.41, 5.74) is 6.10. The molecule has 0 heterocycles. The predicted octanol–water partition coefficient (Wildman–Crippen LogP) is 0.943. The van der Waals surface area contributed by atoms with Crippen LogP contribution in [-0.2, 0) is 4.74 Å². The molecule has 2 N–H and O–H groups in total. The van der Waals surface area contributed by atoms with Crippen molar-refractivity contribution in [2.75, 3.05) is 0 Å². The van der Waals surface area contributed by atoms with Gasteiger partial charge in [0.05, 0.1) is 5.56 Å². The van der Waals surface area contributed by atoms with E-state index in [0.29, 0.717) is 5.56 Å². The molecule has 0 radical (unpaired) electrons. The summed E-state index contributed by atoms with van der Waals surface area (Å²) in [6.07, 6.45) is 0.728. The van der Waals surface area contributed by atoms with E-state index in [0.717, 1.165) is 6.42 Å². The monoisotopic (exact) mass is 177 g/mol. The second-order valence-electron chi connectivity index (χ2n) is 3.21. The molecule has 0 bridgehead atoms. The molecular weight excluding hydrogens is 166 g/mol. The smallest absolute Gasteiger partial charge is 0.338 e. The molecule has 13 heavy (non-hydrogen) atoms. The van der Waals surface area contributed by atoms with Gasteiger partial charge in [-0.1, -0.05) is 18.2 Å². The lowest BCUT2D eigenvalue weighted by Gasteiger charge is -2.01. The van der Waals surface area contributed by atoms with Crippen LogP contribution in [0.15, 0.2) is 30.3 Å². The number of esters is 1. The highest BCUT2D eigenvalue weighted by Crippen LogP contribution is 2.23. The Bertz CT molecular complexity index is 310. The first-order valence-electron chi connectivity index (χ1n) is 4.29. The quantitative estimate of drug-likeness (QED) is 0.684. The lowest BCUT2D eigenvalue weighted by atomic mass is 10.2. The predicted molar refractivity (Wildman–Crippen MR) is 48.2 cm³/mol. The maximum atomic E-state index is 11.4. The van der Waals surface area contributed by atoms with Gasteiger partial charge in [0.25, 0.3) is 0 Å². The Morgan fingerprint density at radius 2 is 2.00 bits per heavy atom. The van der Waals surface area contributed by atoms with Crippen molar-refractivity contribution >= 4 is 5.97 Å². The molecule has 0 saturated heterocycles. The van der Waals surface area contributed by atoms with Gasteiger partial charge in [-0.25, -0.2) is 4.79 Å². The minimum atomic E-state index is -0.279. The molecule has 2 atom stereocenters. The van der Waals surface area contributed by atoms with Gasteiger partial charge < -0.3 is 10.5 Å². The minimum absolute atomic E-state index is 0.0488. The zero-order chi connectivity index (χ0) is 9.26. The Morgan fingerprint density at radius 3 is 2.54 bits per heavy atom. The van der Waals surface area contributed by atoms with Crippen LogP contribution in [0.5, 0.6) is 0 Å². The normalized spacial score (nSPS) is 25.3. The number of hydrogen-bond acceptors (Lipinski definition) is 3. The van der Waals surface area contributed by atoms with Gasteiger partial charge in [0.2, 0.25) is 0 Å². The first-order chi connectivity index (χ1) is 6.27. The SMILES string of the molecule is NC1CC1OC(=O)c1ccccc1. The Morgan fingerprint density at radius 1 is 1.38 bits per heavy atom. The van der Waals surface area contributed by atoms with Crippen LogP contribution in [0, 0.1) is 0 Å². The van der Waals surface area contributed by atoms with Gasteiger partial charge in [0, 0.05) is 12.5 Å². The summed E-state index contributed by atoms with van der Waals surface area (Å²) in [6.45, 7) is 0. The molecule has 1 aliphatic rings. The van der Waals surface area contributed by atoms with Crippen molar-refractivity contribution in [1.29, 1.82) is 0 Å². The van der Waals surface area contributed by atoms with Crippen LogP contribution >= 0.6 is 0 Å². The summed E-state index contributed by atoms with van der Waals surface area (Å²) in [5, 5.41) is 0. The molecule has 1 saturated carbocycles. The van der Waals surface area contributed by atoms with E-state index in [4.69, 9.17) is 10.5 Å². The van der Waals surface area contributed by atoms with Crippen LogP contribution in [0.25, 0.3) is 0 Å². The number of nitrogens with two attached hydrogens (primary N) is 1. The van der Waals surface area contributed by atoms with Crippen molar-refractivity contribution < 1.29 is 9.53 Å². The van der Waals surface area contributed by atoms with E-state index < -0.39 is 0 Å². The molecule has 3 nitrogen and oxygen atoms in total. The van der Waals surface area contributed by atoms with Crippen molar-refractivity contribution in [3.63, 3.8) is 0 Å². The molecule has 3 heteroatoms. The summed E-state index contributed by atoms with van der Waals surface area (Å²) < 4.78 is 5.10. The fourth-order valence-corrected chi connectivity index (χ4v) is 1.10. The molecule has 0 amide bonds. The summed E-state index contributed by atoms with van der Waals surface area (Å²) in [4.78, 5) is 11.4. The van der Waals surface area contributed by atoms with Crippen molar-refractivity contribution in [3.05, 3.63) is 35.9 Å². The highest BCUT2D eigenvalue weighted by Gasteiger charge is 2.37. The topological polar surface area (TPSA) is 52.3 Å². The molecule has 1 aromatic carbocycles. The Balaban J connectivity index is 1.98. The Labute approximate surface area is 76.5 Å². The second-order valence-corrected chi connectivity index (χ2v) is 3.21. The Hall–Kier alpha value is -1.35. The molecular formula is C10H11NO2. The van der Waals surface area contributed by atoms with E-state index in [2.05, 4.69) is 0 Å². The molecule has 0 spiro atoms. The summed E-state index contributed by atoms with van der Waals surface area (Å²) in [6, 6.07) is 8.99. The van der Waals surface area contributed by atoms with Gasteiger partial charge in [-0.15, -0.1) is 0 Å². The lowest BCUT2D eigenvalue weighted by molar-refractivity contribution is 0.0465. The third-order valence-corrected chi connectivity index (χ3v) is 2.05. The molecule has 2 unspecified atom stereocenters. The van der Waals surface area contributed by atoms with E-state index >= 15 is 0 Å². The number of hydrogen-bond donors (Lipinski definition) is 1. The van der Waals surface area contributed by atoms with E-state index in [1.165, 1.54) is 0 Å². The van der Waals surface area contributed by atoms with Gasteiger partial charge in [-0.3, -0.25) is 0 Å². The van der Waals surface area contributed by atoms with E-state index in [1.54, 1.807) is 12.1 Å². The number of rotatable bonds is 2. The van der Waals surface area contributed by atoms with Gasteiger partial charge in [-0.05, 0) is 12.1 Å². The summed E-state index contributed by atoms with van der Waals surface area (Å²) in [5.74, 6) is -0.279. The highest BCUT2D eigenvalue weighted by molar-refractivity contribution is 5.89. The van der Waals surface area contributed by atoms with Crippen molar-refractivity contribution in [2.24, 2.45) is 5.73 Å². The van der Waals surface area contributed by atoms with Crippen LogP contribution in [0.1, 0.15) is 16.8 Å². The molecule has 0 aromatic heterocycles. The lowest BCUT2D eigenvalue weighted by Crippen LogP contribution is -2.13.